The third-order valence-corrected chi connectivity index (χ3v) is 6.22. The summed E-state index contributed by atoms with van der Waals surface area (Å²) in [4.78, 5) is 25.8. The minimum atomic E-state index is -1.16. The van der Waals surface area contributed by atoms with Gasteiger partial charge >= 0.3 is 0 Å². The Hall–Kier alpha value is -2.34. The standard InChI is InChI=1S/C22H20O5/c1-21(26-8-9-27-21)22(25)7-6-13-10-17-18(11-14(13)12-22)20(24)16-5-3-2-4-15(16)19(17)23/h2-5,10-11,25H,6-9,12H2,1H3. The lowest BCUT2D eigenvalue weighted by atomic mass is 9.73. The number of hydrogen-bond acceptors (Lipinski definition) is 5. The summed E-state index contributed by atoms with van der Waals surface area (Å²) in [6, 6.07) is 10.5. The molecule has 138 valence electrons. The molecule has 5 heteroatoms. The Balaban J connectivity index is 1.59. The Morgan fingerprint density at radius 2 is 1.44 bits per heavy atom. The molecule has 2 aromatic rings. The molecule has 1 saturated heterocycles. The zero-order chi connectivity index (χ0) is 18.8. The molecule has 1 N–H and O–H groups in total. The molecule has 1 atom stereocenters. The van der Waals surface area contributed by atoms with E-state index in [-0.39, 0.29) is 11.6 Å². The summed E-state index contributed by atoms with van der Waals surface area (Å²) < 4.78 is 11.4. The topological polar surface area (TPSA) is 72.8 Å². The van der Waals surface area contributed by atoms with E-state index in [1.165, 1.54) is 0 Å². The van der Waals surface area contributed by atoms with Crippen molar-refractivity contribution in [2.45, 2.75) is 37.6 Å². The molecule has 0 saturated carbocycles. The number of carbonyl (C=O) groups is 2. The Bertz CT molecular complexity index is 986. The van der Waals surface area contributed by atoms with Crippen molar-refractivity contribution >= 4 is 11.6 Å². The van der Waals surface area contributed by atoms with E-state index in [0.717, 1.165) is 11.1 Å². The molecule has 0 radical (unpaired) electrons. The highest BCUT2D eigenvalue weighted by Gasteiger charge is 2.53. The van der Waals surface area contributed by atoms with Crippen LogP contribution in [0.2, 0.25) is 0 Å². The van der Waals surface area contributed by atoms with Crippen molar-refractivity contribution in [2.75, 3.05) is 13.2 Å². The number of ketones is 2. The fraction of sp³-hybridized carbons (Fsp3) is 0.364. The van der Waals surface area contributed by atoms with E-state index in [4.69, 9.17) is 9.47 Å². The second kappa shape index (κ2) is 5.58. The Kier molecular flexibility index (Phi) is 3.47. The van der Waals surface area contributed by atoms with Crippen LogP contribution in [-0.2, 0) is 22.3 Å². The molecule has 1 aliphatic heterocycles. The maximum atomic E-state index is 13.0. The van der Waals surface area contributed by atoms with Gasteiger partial charge in [-0.05, 0) is 43.0 Å². The number of carbonyl (C=O) groups excluding carboxylic acids is 2. The smallest absolute Gasteiger partial charge is 0.194 e. The van der Waals surface area contributed by atoms with Crippen molar-refractivity contribution in [1.82, 2.24) is 0 Å². The molecule has 0 spiro atoms. The van der Waals surface area contributed by atoms with Crippen LogP contribution in [-0.4, -0.2) is 41.3 Å². The lowest BCUT2D eigenvalue weighted by molar-refractivity contribution is -0.262. The third kappa shape index (κ3) is 2.29. The van der Waals surface area contributed by atoms with E-state index >= 15 is 0 Å². The molecule has 0 amide bonds. The van der Waals surface area contributed by atoms with Crippen molar-refractivity contribution in [3.8, 4) is 0 Å². The molecule has 1 unspecified atom stereocenters. The lowest BCUT2D eigenvalue weighted by Gasteiger charge is -2.43. The van der Waals surface area contributed by atoms with Crippen molar-refractivity contribution in [3.05, 3.63) is 69.8 Å². The molecule has 0 aromatic heterocycles. The Morgan fingerprint density at radius 3 is 2.04 bits per heavy atom. The van der Waals surface area contributed by atoms with Gasteiger partial charge in [0.05, 0.1) is 13.2 Å². The van der Waals surface area contributed by atoms with E-state index in [1.807, 2.05) is 6.07 Å². The molecule has 1 fully saturated rings. The number of benzene rings is 2. The number of hydrogen-bond donors (Lipinski definition) is 1. The predicted octanol–water partition coefficient (Wildman–Crippen LogP) is 2.44. The van der Waals surface area contributed by atoms with E-state index in [9.17, 15) is 14.7 Å². The Morgan fingerprint density at radius 1 is 0.889 bits per heavy atom. The Labute approximate surface area is 156 Å². The van der Waals surface area contributed by atoms with Gasteiger partial charge in [-0.1, -0.05) is 24.3 Å². The minimum absolute atomic E-state index is 0.113. The summed E-state index contributed by atoms with van der Waals surface area (Å²) in [5.41, 5.74) is 2.49. The van der Waals surface area contributed by atoms with Crippen LogP contribution in [0.3, 0.4) is 0 Å². The maximum Gasteiger partial charge on any atom is 0.194 e. The van der Waals surface area contributed by atoms with Gasteiger partial charge in [0.1, 0.15) is 5.60 Å². The first-order valence-corrected chi connectivity index (χ1v) is 9.26. The zero-order valence-electron chi connectivity index (χ0n) is 15.1. The molecule has 2 aromatic carbocycles. The van der Waals surface area contributed by atoms with Crippen LogP contribution in [0.4, 0.5) is 0 Å². The van der Waals surface area contributed by atoms with Crippen LogP contribution in [0.1, 0.15) is 56.3 Å². The SMILES string of the molecule is CC1(C2(O)CCc3cc4c(cc3C2)C(=O)c2ccccc2C4=O)OCCO1. The van der Waals surface area contributed by atoms with Gasteiger partial charge in [-0.25, -0.2) is 0 Å². The largest absolute Gasteiger partial charge is 0.384 e. The molecular formula is C22H20O5. The summed E-state index contributed by atoms with van der Waals surface area (Å²) in [6.45, 7) is 2.69. The van der Waals surface area contributed by atoms with Gasteiger partial charge in [-0.2, -0.15) is 0 Å². The highest BCUT2D eigenvalue weighted by atomic mass is 16.7. The first kappa shape index (κ1) is 16.8. The van der Waals surface area contributed by atoms with Crippen LogP contribution < -0.4 is 0 Å². The van der Waals surface area contributed by atoms with Crippen LogP contribution in [0.25, 0.3) is 0 Å². The van der Waals surface area contributed by atoms with Crippen LogP contribution in [0.5, 0.6) is 0 Å². The molecule has 5 rings (SSSR count). The first-order valence-electron chi connectivity index (χ1n) is 9.26. The zero-order valence-corrected chi connectivity index (χ0v) is 15.1. The minimum Gasteiger partial charge on any atom is -0.384 e. The predicted molar refractivity (Wildman–Crippen MR) is 97.0 cm³/mol. The number of aliphatic hydroxyl groups is 1. The van der Waals surface area contributed by atoms with Crippen LogP contribution in [0, 0.1) is 0 Å². The molecule has 1 heterocycles. The second-order valence-electron chi connectivity index (χ2n) is 7.72. The maximum absolute atomic E-state index is 13.0. The van der Waals surface area contributed by atoms with Crippen LogP contribution in [0.15, 0.2) is 36.4 Å². The number of ether oxygens (including phenoxy) is 2. The normalized spacial score (nSPS) is 25.7. The summed E-state index contributed by atoms with van der Waals surface area (Å²) in [5, 5.41) is 11.3. The second-order valence-corrected chi connectivity index (χ2v) is 7.72. The van der Waals surface area contributed by atoms with Crippen molar-refractivity contribution in [1.29, 1.82) is 0 Å². The van der Waals surface area contributed by atoms with Crippen molar-refractivity contribution in [3.63, 3.8) is 0 Å². The van der Waals surface area contributed by atoms with E-state index < -0.39 is 11.4 Å². The van der Waals surface area contributed by atoms with Gasteiger partial charge in [0.15, 0.2) is 17.4 Å². The molecule has 5 nitrogen and oxygen atoms in total. The van der Waals surface area contributed by atoms with Gasteiger partial charge in [-0.15, -0.1) is 0 Å². The molecule has 27 heavy (non-hydrogen) atoms. The number of rotatable bonds is 1. The quantitative estimate of drug-likeness (QED) is 0.718. The fourth-order valence-electron chi connectivity index (χ4n) is 4.55. The average molecular weight is 364 g/mol. The summed E-state index contributed by atoms with van der Waals surface area (Å²) in [5.74, 6) is -1.30. The monoisotopic (exact) mass is 364 g/mol. The molecule has 0 bridgehead atoms. The molecule has 3 aliphatic rings. The molecule has 2 aliphatic carbocycles. The summed E-state index contributed by atoms with van der Waals surface area (Å²) in [6.07, 6.45) is 1.41. The third-order valence-electron chi connectivity index (χ3n) is 6.22. The highest BCUT2D eigenvalue weighted by molar-refractivity contribution is 6.28. The van der Waals surface area contributed by atoms with Crippen molar-refractivity contribution < 1.29 is 24.2 Å². The number of fused-ring (bicyclic) bond motifs is 3. The van der Waals surface area contributed by atoms with E-state index in [0.29, 0.717) is 54.7 Å². The van der Waals surface area contributed by atoms with Gasteiger partial charge in [0, 0.05) is 28.7 Å². The van der Waals surface area contributed by atoms with E-state index in [2.05, 4.69) is 0 Å². The number of aryl methyl sites for hydroxylation is 1. The van der Waals surface area contributed by atoms with Crippen LogP contribution >= 0.6 is 0 Å². The fourth-order valence-corrected chi connectivity index (χ4v) is 4.55. The lowest BCUT2D eigenvalue weighted by Crippen LogP contribution is -2.56. The average Bonchev–Trinajstić information content (AvgIpc) is 3.13. The molecular weight excluding hydrogens is 344 g/mol. The summed E-state index contributed by atoms with van der Waals surface area (Å²) >= 11 is 0. The van der Waals surface area contributed by atoms with Gasteiger partial charge in [0.25, 0.3) is 0 Å². The van der Waals surface area contributed by atoms with Gasteiger partial charge < -0.3 is 14.6 Å². The van der Waals surface area contributed by atoms with Gasteiger partial charge in [-0.3, -0.25) is 9.59 Å². The first-order chi connectivity index (χ1) is 12.9. The highest BCUT2D eigenvalue weighted by Crippen LogP contribution is 2.42. The van der Waals surface area contributed by atoms with Gasteiger partial charge in [0.2, 0.25) is 0 Å². The van der Waals surface area contributed by atoms with E-state index in [1.54, 1.807) is 37.3 Å². The summed E-state index contributed by atoms with van der Waals surface area (Å²) in [7, 11) is 0. The van der Waals surface area contributed by atoms with Crippen molar-refractivity contribution in [2.24, 2.45) is 0 Å².